The number of likely N-dealkylation sites (tertiary alicyclic amines) is 1. The number of nitrogens with two attached hydrogens (primary N) is 1. The van der Waals surface area contributed by atoms with Gasteiger partial charge in [0, 0.05) is 31.4 Å². The summed E-state index contributed by atoms with van der Waals surface area (Å²) in [5.74, 6) is 1.33. The van der Waals surface area contributed by atoms with Crippen LogP contribution in [0.5, 0.6) is 0 Å². The standard InChI is InChI=1S/C15H24N4O/c1-3-18-8-4-5-13(14(18)20)11-17-15(16)19-9-6-12(2)7-10-19/h4-5,8,12H,3,6-7,9-11H2,1-2H3,(H2,16,17). The van der Waals surface area contributed by atoms with Crippen molar-refractivity contribution in [3.63, 3.8) is 0 Å². The fourth-order valence-corrected chi connectivity index (χ4v) is 2.46. The molecule has 0 saturated carbocycles. The SMILES string of the molecule is CCn1cccc(CN=C(N)N2CCC(C)CC2)c1=O. The molecule has 0 atom stereocenters. The van der Waals surface area contributed by atoms with Gasteiger partial charge in [0.1, 0.15) is 0 Å². The topological polar surface area (TPSA) is 63.6 Å². The van der Waals surface area contributed by atoms with E-state index in [0.29, 0.717) is 24.6 Å². The summed E-state index contributed by atoms with van der Waals surface area (Å²) in [5, 5.41) is 0. The molecule has 5 heteroatoms. The predicted octanol–water partition coefficient (Wildman–Crippen LogP) is 1.41. The fourth-order valence-electron chi connectivity index (χ4n) is 2.46. The van der Waals surface area contributed by atoms with Crippen LogP contribution < -0.4 is 11.3 Å². The third-order valence-electron chi connectivity index (χ3n) is 3.96. The lowest BCUT2D eigenvalue weighted by Gasteiger charge is -2.31. The average Bonchev–Trinajstić information content (AvgIpc) is 2.46. The normalized spacial score (nSPS) is 17.5. The highest BCUT2D eigenvalue weighted by Crippen LogP contribution is 2.15. The molecule has 2 heterocycles. The molecule has 0 aromatic carbocycles. The van der Waals surface area contributed by atoms with E-state index in [9.17, 15) is 4.79 Å². The van der Waals surface area contributed by atoms with E-state index >= 15 is 0 Å². The van der Waals surface area contributed by atoms with Crippen LogP contribution in [0.3, 0.4) is 0 Å². The van der Waals surface area contributed by atoms with Gasteiger partial charge in [-0.25, -0.2) is 4.99 Å². The number of pyridine rings is 1. The molecule has 5 nitrogen and oxygen atoms in total. The third-order valence-corrected chi connectivity index (χ3v) is 3.96. The van der Waals surface area contributed by atoms with Crippen molar-refractivity contribution >= 4 is 5.96 Å². The van der Waals surface area contributed by atoms with Crippen molar-refractivity contribution in [3.05, 3.63) is 34.2 Å². The van der Waals surface area contributed by atoms with E-state index in [0.717, 1.165) is 31.8 Å². The van der Waals surface area contributed by atoms with Crippen LogP contribution >= 0.6 is 0 Å². The molecule has 1 fully saturated rings. The van der Waals surface area contributed by atoms with Gasteiger partial charge in [-0.1, -0.05) is 13.0 Å². The van der Waals surface area contributed by atoms with Crippen molar-refractivity contribution in [2.45, 2.75) is 39.8 Å². The van der Waals surface area contributed by atoms with Gasteiger partial charge in [0.15, 0.2) is 5.96 Å². The predicted molar refractivity (Wildman–Crippen MR) is 81.7 cm³/mol. The minimum atomic E-state index is 0.0267. The summed E-state index contributed by atoms with van der Waals surface area (Å²) in [5.41, 5.74) is 6.75. The first kappa shape index (κ1) is 14.6. The van der Waals surface area contributed by atoms with Gasteiger partial charge in [-0.2, -0.15) is 0 Å². The second-order valence-electron chi connectivity index (χ2n) is 5.47. The zero-order valence-electron chi connectivity index (χ0n) is 12.4. The van der Waals surface area contributed by atoms with Gasteiger partial charge >= 0.3 is 0 Å². The number of aliphatic imine (C=N–C) groups is 1. The molecule has 1 aliphatic rings. The Morgan fingerprint density at radius 1 is 1.45 bits per heavy atom. The second-order valence-corrected chi connectivity index (χ2v) is 5.47. The molecule has 1 saturated heterocycles. The van der Waals surface area contributed by atoms with E-state index < -0.39 is 0 Å². The summed E-state index contributed by atoms with van der Waals surface area (Å²) >= 11 is 0. The van der Waals surface area contributed by atoms with Crippen LogP contribution in [-0.4, -0.2) is 28.5 Å². The number of aryl methyl sites for hydroxylation is 1. The van der Waals surface area contributed by atoms with Gasteiger partial charge < -0.3 is 15.2 Å². The van der Waals surface area contributed by atoms with E-state index in [-0.39, 0.29) is 5.56 Å². The Morgan fingerprint density at radius 2 is 2.15 bits per heavy atom. The van der Waals surface area contributed by atoms with E-state index in [1.807, 2.05) is 19.1 Å². The smallest absolute Gasteiger partial charge is 0.255 e. The molecular formula is C15H24N4O. The summed E-state index contributed by atoms with van der Waals surface area (Å²) in [4.78, 5) is 18.6. The van der Waals surface area contributed by atoms with Crippen molar-refractivity contribution in [1.29, 1.82) is 0 Å². The Bertz CT molecular complexity index is 527. The molecule has 1 aliphatic heterocycles. The van der Waals surface area contributed by atoms with Gasteiger partial charge in [-0.15, -0.1) is 0 Å². The first-order valence-electron chi connectivity index (χ1n) is 7.35. The van der Waals surface area contributed by atoms with Crippen LogP contribution in [0.25, 0.3) is 0 Å². The third kappa shape index (κ3) is 3.40. The highest BCUT2D eigenvalue weighted by atomic mass is 16.1. The highest BCUT2D eigenvalue weighted by molar-refractivity contribution is 5.78. The van der Waals surface area contributed by atoms with Gasteiger partial charge in [-0.3, -0.25) is 4.79 Å². The molecule has 2 rings (SSSR count). The Kier molecular flexibility index (Phi) is 4.82. The first-order chi connectivity index (χ1) is 9.61. The van der Waals surface area contributed by atoms with Crippen molar-refractivity contribution in [3.8, 4) is 0 Å². The molecule has 110 valence electrons. The molecule has 1 aromatic heterocycles. The number of nitrogens with zero attached hydrogens (tertiary/aromatic N) is 3. The second kappa shape index (κ2) is 6.59. The van der Waals surface area contributed by atoms with Gasteiger partial charge in [0.2, 0.25) is 0 Å². The minimum Gasteiger partial charge on any atom is -0.370 e. The number of rotatable bonds is 3. The Hall–Kier alpha value is -1.78. The summed E-state index contributed by atoms with van der Waals surface area (Å²) < 4.78 is 1.68. The van der Waals surface area contributed by atoms with E-state index in [2.05, 4.69) is 16.8 Å². The van der Waals surface area contributed by atoms with Gasteiger partial charge in [-0.05, 0) is 31.7 Å². The maximum atomic E-state index is 12.1. The quantitative estimate of drug-likeness (QED) is 0.670. The maximum Gasteiger partial charge on any atom is 0.255 e. The monoisotopic (exact) mass is 276 g/mol. The Morgan fingerprint density at radius 3 is 2.80 bits per heavy atom. The van der Waals surface area contributed by atoms with Crippen LogP contribution in [0.1, 0.15) is 32.3 Å². The molecule has 0 bridgehead atoms. The maximum absolute atomic E-state index is 12.1. The number of aromatic nitrogens is 1. The van der Waals surface area contributed by atoms with Crippen molar-refractivity contribution in [2.24, 2.45) is 16.6 Å². The Balaban J connectivity index is 2.03. The zero-order valence-corrected chi connectivity index (χ0v) is 12.4. The van der Waals surface area contributed by atoms with E-state index in [4.69, 9.17) is 5.73 Å². The van der Waals surface area contributed by atoms with Crippen molar-refractivity contribution in [1.82, 2.24) is 9.47 Å². The largest absolute Gasteiger partial charge is 0.370 e. The van der Waals surface area contributed by atoms with E-state index in [1.54, 1.807) is 10.8 Å². The average molecular weight is 276 g/mol. The lowest BCUT2D eigenvalue weighted by atomic mass is 10.00. The molecule has 0 spiro atoms. The van der Waals surface area contributed by atoms with Crippen molar-refractivity contribution in [2.75, 3.05) is 13.1 Å². The molecule has 20 heavy (non-hydrogen) atoms. The fraction of sp³-hybridized carbons (Fsp3) is 0.600. The Labute approximate surface area is 120 Å². The molecule has 1 aromatic rings. The van der Waals surface area contributed by atoms with Crippen LogP contribution in [-0.2, 0) is 13.1 Å². The van der Waals surface area contributed by atoms with Gasteiger partial charge in [0.25, 0.3) is 5.56 Å². The summed E-state index contributed by atoms with van der Waals surface area (Å²) in [7, 11) is 0. The number of guanidine groups is 1. The molecule has 0 unspecified atom stereocenters. The lowest BCUT2D eigenvalue weighted by Crippen LogP contribution is -2.42. The molecule has 0 aliphatic carbocycles. The van der Waals surface area contributed by atoms with Crippen molar-refractivity contribution < 1.29 is 0 Å². The highest BCUT2D eigenvalue weighted by Gasteiger charge is 2.16. The summed E-state index contributed by atoms with van der Waals surface area (Å²) in [6, 6.07) is 3.71. The lowest BCUT2D eigenvalue weighted by molar-refractivity contribution is 0.277. The van der Waals surface area contributed by atoms with Crippen LogP contribution in [0.4, 0.5) is 0 Å². The van der Waals surface area contributed by atoms with Crippen LogP contribution in [0.15, 0.2) is 28.1 Å². The zero-order chi connectivity index (χ0) is 14.5. The number of hydrogen-bond donors (Lipinski definition) is 1. The molecule has 0 amide bonds. The van der Waals surface area contributed by atoms with Gasteiger partial charge in [0.05, 0.1) is 6.54 Å². The molecular weight excluding hydrogens is 252 g/mol. The number of piperidine rings is 1. The number of hydrogen-bond acceptors (Lipinski definition) is 2. The van der Waals surface area contributed by atoms with E-state index in [1.165, 1.54) is 0 Å². The van der Waals surface area contributed by atoms with Crippen LogP contribution in [0.2, 0.25) is 0 Å². The summed E-state index contributed by atoms with van der Waals surface area (Å²) in [6.45, 7) is 7.18. The molecule has 2 N–H and O–H groups in total. The summed E-state index contributed by atoms with van der Waals surface area (Å²) in [6.07, 6.45) is 4.11. The first-order valence-corrected chi connectivity index (χ1v) is 7.35. The van der Waals surface area contributed by atoms with Crippen LogP contribution in [0, 0.1) is 5.92 Å². The molecule has 0 radical (unpaired) electrons. The minimum absolute atomic E-state index is 0.0267.